The highest BCUT2D eigenvalue weighted by molar-refractivity contribution is 4.92. The Hall–Kier alpha value is -0.940. The van der Waals surface area contributed by atoms with Crippen LogP contribution in [0.15, 0.2) is 4.52 Å². The molecule has 0 saturated carbocycles. The summed E-state index contributed by atoms with van der Waals surface area (Å²) in [6.45, 7) is 1.34. The maximum Gasteiger partial charge on any atom is 0.255 e. The number of nitrogens with zero attached hydrogens (tertiary/aromatic N) is 2. The van der Waals surface area contributed by atoms with Crippen LogP contribution < -0.4 is 5.73 Å². The van der Waals surface area contributed by atoms with E-state index >= 15 is 0 Å². The summed E-state index contributed by atoms with van der Waals surface area (Å²) in [6, 6.07) is 0. The van der Waals surface area contributed by atoms with Crippen LogP contribution in [0.2, 0.25) is 0 Å². The molecule has 1 aromatic heterocycles. The molecule has 5 nitrogen and oxygen atoms in total. The van der Waals surface area contributed by atoms with Crippen molar-refractivity contribution in [1.29, 1.82) is 0 Å². The molecule has 0 amide bonds. The van der Waals surface area contributed by atoms with Gasteiger partial charge in [-0.1, -0.05) is 5.16 Å². The fourth-order valence-corrected chi connectivity index (χ4v) is 1.40. The molecule has 13 heavy (non-hydrogen) atoms. The first-order valence-electron chi connectivity index (χ1n) is 4.54. The van der Waals surface area contributed by atoms with Gasteiger partial charge in [0.05, 0.1) is 0 Å². The van der Waals surface area contributed by atoms with Gasteiger partial charge in [-0.25, -0.2) is 0 Å². The van der Waals surface area contributed by atoms with E-state index in [2.05, 4.69) is 10.1 Å². The zero-order valence-corrected chi connectivity index (χ0v) is 7.40. The Morgan fingerprint density at radius 1 is 1.54 bits per heavy atom. The van der Waals surface area contributed by atoms with Crippen LogP contribution >= 0.6 is 0 Å². The summed E-state index contributed by atoms with van der Waals surface area (Å²) >= 11 is 0. The SMILES string of the molecule is NCCc1noc([C@@H]2CCCO2)n1. The first-order valence-corrected chi connectivity index (χ1v) is 4.54. The van der Waals surface area contributed by atoms with Gasteiger partial charge in [-0.2, -0.15) is 4.98 Å². The molecule has 0 aromatic carbocycles. The maximum atomic E-state index is 5.40. The predicted molar refractivity (Wildman–Crippen MR) is 45.0 cm³/mol. The lowest BCUT2D eigenvalue weighted by atomic mass is 10.2. The van der Waals surface area contributed by atoms with Crippen LogP contribution in [0.25, 0.3) is 0 Å². The number of rotatable bonds is 3. The highest BCUT2D eigenvalue weighted by Crippen LogP contribution is 2.26. The summed E-state index contributed by atoms with van der Waals surface area (Å²) < 4.78 is 10.5. The number of hydrogen-bond acceptors (Lipinski definition) is 5. The minimum atomic E-state index is 0.0130. The minimum absolute atomic E-state index is 0.0130. The number of hydrogen-bond donors (Lipinski definition) is 1. The van der Waals surface area contributed by atoms with E-state index < -0.39 is 0 Å². The van der Waals surface area contributed by atoms with Crippen molar-refractivity contribution in [1.82, 2.24) is 10.1 Å². The maximum absolute atomic E-state index is 5.40. The van der Waals surface area contributed by atoms with Gasteiger partial charge in [-0.3, -0.25) is 0 Å². The van der Waals surface area contributed by atoms with E-state index in [9.17, 15) is 0 Å². The lowest BCUT2D eigenvalue weighted by Gasteiger charge is -2.00. The molecule has 1 saturated heterocycles. The summed E-state index contributed by atoms with van der Waals surface area (Å²) in [5.74, 6) is 1.27. The third kappa shape index (κ3) is 1.87. The van der Waals surface area contributed by atoms with Crippen molar-refractivity contribution in [3.63, 3.8) is 0 Å². The monoisotopic (exact) mass is 183 g/mol. The largest absolute Gasteiger partial charge is 0.368 e. The van der Waals surface area contributed by atoms with Gasteiger partial charge in [0.15, 0.2) is 5.82 Å². The summed E-state index contributed by atoms with van der Waals surface area (Å²) in [5.41, 5.74) is 5.37. The second-order valence-electron chi connectivity index (χ2n) is 3.09. The Balaban J connectivity index is 2.03. The number of nitrogens with two attached hydrogens (primary N) is 1. The van der Waals surface area contributed by atoms with E-state index in [1.54, 1.807) is 0 Å². The molecule has 1 aromatic rings. The third-order valence-corrected chi connectivity index (χ3v) is 2.06. The third-order valence-electron chi connectivity index (χ3n) is 2.06. The van der Waals surface area contributed by atoms with Crippen LogP contribution in [-0.2, 0) is 11.2 Å². The van der Waals surface area contributed by atoms with Crippen LogP contribution in [0.1, 0.15) is 30.7 Å². The number of aromatic nitrogens is 2. The molecule has 1 aliphatic heterocycles. The first kappa shape index (κ1) is 8.65. The second-order valence-corrected chi connectivity index (χ2v) is 3.09. The lowest BCUT2D eigenvalue weighted by Crippen LogP contribution is -2.04. The smallest absolute Gasteiger partial charge is 0.255 e. The fourth-order valence-electron chi connectivity index (χ4n) is 1.40. The van der Waals surface area contributed by atoms with Crippen molar-refractivity contribution in [2.24, 2.45) is 5.73 Å². The molecule has 0 spiro atoms. The van der Waals surface area contributed by atoms with Gasteiger partial charge in [0, 0.05) is 13.0 Å². The molecule has 1 aliphatic rings. The standard InChI is InChI=1S/C8H13N3O2/c9-4-3-7-10-8(13-11-7)6-2-1-5-12-6/h6H,1-5,9H2/t6-/m0/s1. The molecule has 0 aliphatic carbocycles. The van der Waals surface area contributed by atoms with E-state index in [-0.39, 0.29) is 6.10 Å². The van der Waals surface area contributed by atoms with Crippen molar-refractivity contribution in [2.45, 2.75) is 25.4 Å². The molecule has 2 N–H and O–H groups in total. The van der Waals surface area contributed by atoms with Crippen molar-refractivity contribution in [2.75, 3.05) is 13.2 Å². The highest BCUT2D eigenvalue weighted by Gasteiger charge is 2.23. The summed E-state index contributed by atoms with van der Waals surface area (Å²) in [4.78, 5) is 4.20. The molecule has 2 rings (SSSR count). The van der Waals surface area contributed by atoms with Crippen LogP contribution in [0.5, 0.6) is 0 Å². The van der Waals surface area contributed by atoms with Crippen LogP contribution in [0, 0.1) is 0 Å². The van der Waals surface area contributed by atoms with Crippen molar-refractivity contribution in [3.8, 4) is 0 Å². The van der Waals surface area contributed by atoms with E-state index in [4.69, 9.17) is 15.0 Å². The molecule has 0 radical (unpaired) electrons. The van der Waals surface area contributed by atoms with Gasteiger partial charge in [0.2, 0.25) is 0 Å². The molecule has 0 unspecified atom stereocenters. The predicted octanol–water partition coefficient (Wildman–Crippen LogP) is 0.422. The molecular formula is C8H13N3O2. The van der Waals surface area contributed by atoms with Crippen LogP contribution in [0.3, 0.4) is 0 Å². The molecule has 72 valence electrons. The Bertz CT molecular complexity index is 268. The summed E-state index contributed by atoms with van der Waals surface area (Å²) in [5, 5.41) is 3.80. The van der Waals surface area contributed by atoms with E-state index in [0.717, 1.165) is 19.4 Å². The Labute approximate surface area is 76.3 Å². The average Bonchev–Trinajstić information content (AvgIpc) is 2.70. The van der Waals surface area contributed by atoms with Crippen LogP contribution in [0.4, 0.5) is 0 Å². The van der Waals surface area contributed by atoms with Gasteiger partial charge in [0.1, 0.15) is 6.10 Å². The van der Waals surface area contributed by atoms with Crippen molar-refractivity contribution < 1.29 is 9.26 Å². The Morgan fingerprint density at radius 2 is 2.46 bits per heavy atom. The zero-order valence-electron chi connectivity index (χ0n) is 7.40. The van der Waals surface area contributed by atoms with Gasteiger partial charge in [0.25, 0.3) is 5.89 Å². The van der Waals surface area contributed by atoms with E-state index in [0.29, 0.717) is 24.7 Å². The minimum Gasteiger partial charge on any atom is -0.368 e. The first-order chi connectivity index (χ1) is 6.40. The molecule has 1 fully saturated rings. The highest BCUT2D eigenvalue weighted by atomic mass is 16.5. The molecular weight excluding hydrogens is 170 g/mol. The molecule has 2 heterocycles. The second kappa shape index (κ2) is 3.85. The molecule has 5 heteroatoms. The van der Waals surface area contributed by atoms with E-state index in [1.165, 1.54) is 0 Å². The van der Waals surface area contributed by atoms with Crippen molar-refractivity contribution >= 4 is 0 Å². The van der Waals surface area contributed by atoms with E-state index in [1.807, 2.05) is 0 Å². The van der Waals surface area contributed by atoms with Crippen molar-refractivity contribution in [3.05, 3.63) is 11.7 Å². The summed E-state index contributed by atoms with van der Waals surface area (Å²) in [6.07, 6.45) is 2.72. The van der Waals surface area contributed by atoms with Crippen LogP contribution in [-0.4, -0.2) is 23.3 Å². The fraction of sp³-hybridized carbons (Fsp3) is 0.750. The lowest BCUT2D eigenvalue weighted by molar-refractivity contribution is 0.0835. The number of ether oxygens (including phenoxy) is 1. The zero-order chi connectivity index (χ0) is 9.10. The summed E-state index contributed by atoms with van der Waals surface area (Å²) in [7, 11) is 0. The van der Waals surface area contributed by atoms with Gasteiger partial charge in [-0.05, 0) is 19.4 Å². The average molecular weight is 183 g/mol. The molecule has 0 bridgehead atoms. The normalized spacial score (nSPS) is 22.4. The Kier molecular flexibility index (Phi) is 2.56. The molecule has 1 atom stereocenters. The topological polar surface area (TPSA) is 74.2 Å². The Morgan fingerprint density at radius 3 is 3.15 bits per heavy atom. The van der Waals surface area contributed by atoms with Gasteiger partial charge < -0.3 is 15.0 Å². The quantitative estimate of drug-likeness (QED) is 0.735. The van der Waals surface area contributed by atoms with Gasteiger partial charge >= 0.3 is 0 Å². The van der Waals surface area contributed by atoms with Gasteiger partial charge in [-0.15, -0.1) is 0 Å².